The number of thiol groups is 1. The minimum absolute atomic E-state index is 0.0716. The van der Waals surface area contributed by atoms with Crippen LogP contribution in [0.2, 0.25) is 0 Å². The summed E-state index contributed by atoms with van der Waals surface area (Å²) in [6, 6.07) is 9.61. The number of nitrogens with zero attached hydrogens (tertiary/aromatic N) is 1. The van der Waals surface area contributed by atoms with Gasteiger partial charge in [-0.1, -0.05) is 42.5 Å². The Morgan fingerprint density at radius 3 is 2.39 bits per heavy atom. The van der Waals surface area contributed by atoms with Crippen LogP contribution >= 0.6 is 10.9 Å². The molecule has 23 heavy (non-hydrogen) atoms. The summed E-state index contributed by atoms with van der Waals surface area (Å²) in [7, 11) is -0.775. The first-order valence-electron chi connectivity index (χ1n) is 7.88. The van der Waals surface area contributed by atoms with Crippen LogP contribution in [-0.4, -0.2) is 35.3 Å². The van der Waals surface area contributed by atoms with Crippen LogP contribution in [0.15, 0.2) is 53.3 Å². The molecule has 0 bridgehead atoms. The fourth-order valence-corrected chi connectivity index (χ4v) is 4.23. The van der Waals surface area contributed by atoms with E-state index < -0.39 is 10.9 Å². The van der Waals surface area contributed by atoms with Crippen LogP contribution in [0.1, 0.15) is 18.4 Å². The molecular formula is C18H21NO3S. The summed E-state index contributed by atoms with van der Waals surface area (Å²) >= 11 is 0. The van der Waals surface area contributed by atoms with Gasteiger partial charge in [-0.2, -0.15) is 0 Å². The second kappa shape index (κ2) is 7.51. The van der Waals surface area contributed by atoms with Crippen molar-refractivity contribution in [2.24, 2.45) is 0 Å². The molecule has 1 amide bonds. The molecule has 0 atom stereocenters. The molecule has 122 valence electrons. The van der Waals surface area contributed by atoms with Crippen molar-refractivity contribution >= 4 is 22.1 Å². The quantitative estimate of drug-likeness (QED) is 0.682. The molecule has 1 aromatic rings. The van der Waals surface area contributed by atoms with Gasteiger partial charge in [0.15, 0.2) is 0 Å². The van der Waals surface area contributed by atoms with Crippen LogP contribution < -0.4 is 0 Å². The lowest BCUT2D eigenvalue weighted by Gasteiger charge is -2.33. The van der Waals surface area contributed by atoms with Crippen LogP contribution in [0.4, 0.5) is 4.79 Å². The molecule has 5 heteroatoms. The lowest BCUT2D eigenvalue weighted by molar-refractivity contribution is -0.149. The molecule has 1 saturated heterocycles. The van der Waals surface area contributed by atoms with Crippen LogP contribution in [0, 0.1) is 0 Å². The van der Waals surface area contributed by atoms with E-state index in [1.807, 2.05) is 58.2 Å². The van der Waals surface area contributed by atoms with Crippen molar-refractivity contribution in [1.82, 2.24) is 4.90 Å². The fourth-order valence-electron chi connectivity index (χ4n) is 2.78. The van der Waals surface area contributed by atoms with Crippen molar-refractivity contribution in [2.45, 2.75) is 25.4 Å². The molecule has 0 N–H and O–H groups in total. The number of hydrogen-bond donors (Lipinski definition) is 1. The van der Waals surface area contributed by atoms with Crippen molar-refractivity contribution in [3.05, 3.63) is 58.9 Å². The molecule has 0 aliphatic carbocycles. The highest BCUT2D eigenvalue weighted by Gasteiger charge is 2.27. The number of carbonyl (C=O) groups is 2. The minimum atomic E-state index is -0.775. The van der Waals surface area contributed by atoms with E-state index in [0.29, 0.717) is 19.5 Å². The largest absolute Gasteiger partial charge is 0.462 e. The summed E-state index contributed by atoms with van der Waals surface area (Å²) < 4.78 is 5.55. The van der Waals surface area contributed by atoms with Crippen LogP contribution in [-0.2, 0) is 16.0 Å². The number of hydrogen-bond acceptors (Lipinski definition) is 3. The molecule has 3 rings (SSSR count). The van der Waals surface area contributed by atoms with Gasteiger partial charge in [0.1, 0.15) is 6.10 Å². The Morgan fingerprint density at radius 1 is 1.09 bits per heavy atom. The molecule has 1 aromatic carbocycles. The van der Waals surface area contributed by atoms with E-state index in [-0.39, 0.29) is 17.3 Å². The molecular weight excluding hydrogens is 310 g/mol. The molecule has 2 aliphatic heterocycles. The van der Waals surface area contributed by atoms with Crippen molar-refractivity contribution in [3.63, 3.8) is 0 Å². The first kappa shape index (κ1) is 15.9. The van der Waals surface area contributed by atoms with E-state index in [1.54, 1.807) is 0 Å². The average molecular weight is 331 g/mol. The molecule has 2 heterocycles. The first-order valence-corrected chi connectivity index (χ1v) is 9.36. The van der Waals surface area contributed by atoms with Crippen molar-refractivity contribution in [1.29, 1.82) is 0 Å². The van der Waals surface area contributed by atoms with Crippen LogP contribution in [0.25, 0.3) is 0 Å². The number of benzene rings is 1. The lowest BCUT2D eigenvalue weighted by atomic mass is 10.1. The maximum absolute atomic E-state index is 12.3. The molecule has 1 fully saturated rings. The highest BCUT2D eigenvalue weighted by atomic mass is 32.2. The van der Waals surface area contributed by atoms with Gasteiger partial charge in [0.25, 0.3) is 5.24 Å². The Bertz CT molecular complexity index is 606. The smallest absolute Gasteiger partial charge is 0.310 e. The number of carbonyl (C=O) groups excluding carboxylic acids is 2. The Hall–Kier alpha value is -2.01. The van der Waals surface area contributed by atoms with Crippen LogP contribution in [0.3, 0.4) is 0 Å². The Labute approximate surface area is 139 Å². The maximum atomic E-state index is 12.3. The fraction of sp³-hybridized carbons (Fsp3) is 0.333. The number of rotatable bonds is 3. The van der Waals surface area contributed by atoms with Gasteiger partial charge in [-0.3, -0.25) is 9.59 Å². The Balaban J connectivity index is 1.44. The van der Waals surface area contributed by atoms with Gasteiger partial charge in [-0.25, -0.2) is 0 Å². The predicted molar refractivity (Wildman–Crippen MR) is 93.5 cm³/mol. The topological polar surface area (TPSA) is 46.6 Å². The zero-order valence-corrected chi connectivity index (χ0v) is 13.8. The third-order valence-corrected chi connectivity index (χ3v) is 5.74. The minimum Gasteiger partial charge on any atom is -0.462 e. The molecule has 0 spiro atoms. The average Bonchev–Trinajstić information content (AvgIpc) is 3.10. The summed E-state index contributed by atoms with van der Waals surface area (Å²) in [4.78, 5) is 26.2. The number of amides is 1. The summed E-state index contributed by atoms with van der Waals surface area (Å²) in [5, 5.41) is 4.16. The number of ether oxygens (including phenoxy) is 1. The van der Waals surface area contributed by atoms with Gasteiger partial charge in [0.2, 0.25) is 0 Å². The first-order chi connectivity index (χ1) is 11.2. The number of likely N-dealkylation sites (tertiary alicyclic amines) is 1. The molecule has 2 aliphatic rings. The molecule has 0 radical (unpaired) electrons. The Kier molecular flexibility index (Phi) is 5.18. The molecule has 0 saturated carbocycles. The van der Waals surface area contributed by atoms with Crippen LogP contribution in [0.5, 0.6) is 0 Å². The van der Waals surface area contributed by atoms with Gasteiger partial charge >= 0.3 is 5.97 Å². The predicted octanol–water partition coefficient (Wildman–Crippen LogP) is 3.40. The van der Waals surface area contributed by atoms with E-state index in [2.05, 4.69) is 0 Å². The zero-order chi connectivity index (χ0) is 16.1. The summed E-state index contributed by atoms with van der Waals surface area (Å²) in [6.07, 6.45) is 5.55. The number of esters is 1. The van der Waals surface area contributed by atoms with E-state index >= 15 is 0 Å². The monoisotopic (exact) mass is 331 g/mol. The van der Waals surface area contributed by atoms with Crippen molar-refractivity contribution in [3.8, 4) is 0 Å². The van der Waals surface area contributed by atoms with E-state index in [1.165, 1.54) is 0 Å². The van der Waals surface area contributed by atoms with Crippen molar-refractivity contribution < 1.29 is 14.3 Å². The second-order valence-electron chi connectivity index (χ2n) is 5.71. The van der Waals surface area contributed by atoms with Gasteiger partial charge in [0.05, 0.1) is 6.42 Å². The second-order valence-corrected chi connectivity index (χ2v) is 7.50. The van der Waals surface area contributed by atoms with E-state index in [4.69, 9.17) is 4.74 Å². The zero-order valence-electron chi connectivity index (χ0n) is 12.9. The highest BCUT2D eigenvalue weighted by Crippen LogP contribution is 2.36. The van der Waals surface area contributed by atoms with Gasteiger partial charge in [0, 0.05) is 25.9 Å². The van der Waals surface area contributed by atoms with E-state index in [9.17, 15) is 9.59 Å². The number of piperidine rings is 1. The SMILES string of the molecule is O=C(Cc1ccccc1)OC1CCN(C(=O)[SH]2C=CC=C2)CC1. The summed E-state index contributed by atoms with van der Waals surface area (Å²) in [5.41, 5.74) is 0.965. The Morgan fingerprint density at radius 2 is 1.74 bits per heavy atom. The van der Waals surface area contributed by atoms with Crippen molar-refractivity contribution in [2.75, 3.05) is 13.1 Å². The van der Waals surface area contributed by atoms with Gasteiger partial charge < -0.3 is 9.64 Å². The molecule has 4 nitrogen and oxygen atoms in total. The third-order valence-electron chi connectivity index (χ3n) is 4.03. The number of allylic oxidation sites excluding steroid dienone is 2. The third kappa shape index (κ3) is 4.26. The van der Waals surface area contributed by atoms with E-state index in [0.717, 1.165) is 18.4 Å². The van der Waals surface area contributed by atoms with Gasteiger partial charge in [-0.05, 0) is 16.4 Å². The lowest BCUT2D eigenvalue weighted by Crippen LogP contribution is -2.40. The molecule has 0 unspecified atom stereocenters. The molecule has 0 aromatic heterocycles. The maximum Gasteiger partial charge on any atom is 0.310 e. The summed E-state index contributed by atoms with van der Waals surface area (Å²) in [6.45, 7) is 1.34. The normalized spacial score (nSPS) is 19.1. The van der Waals surface area contributed by atoms with Gasteiger partial charge in [-0.15, -0.1) is 10.9 Å². The highest BCUT2D eigenvalue weighted by molar-refractivity contribution is 8.34. The standard InChI is InChI=1S/C18H21NO3S/c20-17(14-15-6-2-1-3-7-15)22-16-8-10-19(11-9-16)18(21)23-12-4-5-13-23/h1-7,12-13,16,23H,8-11,14H2. The summed E-state index contributed by atoms with van der Waals surface area (Å²) in [5.74, 6) is -0.188.